The van der Waals surface area contributed by atoms with E-state index in [1.54, 1.807) is 29.4 Å². The van der Waals surface area contributed by atoms with Crippen LogP contribution in [-0.4, -0.2) is 29.8 Å². The summed E-state index contributed by atoms with van der Waals surface area (Å²) in [7, 11) is 0. The average Bonchev–Trinajstić information content (AvgIpc) is 3.48. The predicted octanol–water partition coefficient (Wildman–Crippen LogP) is 4.58. The Morgan fingerprint density at radius 1 is 1.03 bits per heavy atom. The van der Waals surface area contributed by atoms with Crippen LogP contribution in [-0.2, 0) is 13.1 Å². The first-order valence-electron chi connectivity index (χ1n) is 10.4. The highest BCUT2D eigenvalue weighted by molar-refractivity contribution is 5.84. The Kier molecular flexibility index (Phi) is 4.64. The van der Waals surface area contributed by atoms with Crippen LogP contribution in [0.5, 0.6) is 0 Å². The van der Waals surface area contributed by atoms with Crippen LogP contribution in [0.1, 0.15) is 43.0 Å². The molecule has 4 heterocycles. The number of pyridine rings is 2. The van der Waals surface area contributed by atoms with Gasteiger partial charge in [0.2, 0.25) is 0 Å². The number of hydrogen-bond acceptors (Lipinski definition) is 3. The van der Waals surface area contributed by atoms with Crippen LogP contribution in [0.4, 0.5) is 13.2 Å². The smallest absolute Gasteiger partial charge is 0.343 e. The lowest BCUT2D eigenvalue weighted by molar-refractivity contribution is -0.135. The van der Waals surface area contributed by atoms with Gasteiger partial charge in [-0.25, -0.2) is 4.79 Å². The Hall–Kier alpha value is -3.10. The quantitative estimate of drug-likeness (QED) is 0.451. The molecular weight excluding hydrogens is 407 g/mol. The molecular formula is C22H22F3N5O. The third-order valence-electron chi connectivity index (χ3n) is 6.08. The largest absolute Gasteiger partial charge is 0.389 e. The molecule has 0 spiro atoms. The molecule has 0 amide bonds. The van der Waals surface area contributed by atoms with E-state index in [4.69, 9.17) is 0 Å². The van der Waals surface area contributed by atoms with Gasteiger partial charge < -0.3 is 4.57 Å². The van der Waals surface area contributed by atoms with E-state index in [0.29, 0.717) is 0 Å². The summed E-state index contributed by atoms with van der Waals surface area (Å²) in [6.45, 7) is 2.42. The maximum absolute atomic E-state index is 13.3. The molecule has 4 aromatic rings. The number of rotatable bonds is 6. The van der Waals surface area contributed by atoms with Crippen molar-refractivity contribution >= 4 is 21.9 Å². The number of imidazole rings is 1. The van der Waals surface area contributed by atoms with Gasteiger partial charge in [0.25, 0.3) is 0 Å². The maximum Gasteiger partial charge on any atom is 0.389 e. The molecule has 6 nitrogen and oxygen atoms in total. The Morgan fingerprint density at radius 3 is 2.45 bits per heavy atom. The van der Waals surface area contributed by atoms with E-state index in [2.05, 4.69) is 9.97 Å². The number of alkyl halides is 3. The van der Waals surface area contributed by atoms with Crippen molar-refractivity contribution in [1.82, 2.24) is 23.7 Å². The van der Waals surface area contributed by atoms with E-state index in [0.717, 1.165) is 46.0 Å². The second kappa shape index (κ2) is 7.25. The molecule has 1 aliphatic carbocycles. The first kappa shape index (κ1) is 19.8. The molecule has 1 fully saturated rings. The Labute approximate surface area is 175 Å². The number of aromatic nitrogens is 5. The van der Waals surface area contributed by atoms with Crippen molar-refractivity contribution in [2.75, 3.05) is 0 Å². The minimum Gasteiger partial charge on any atom is -0.343 e. The molecule has 0 N–H and O–H groups in total. The van der Waals surface area contributed by atoms with Gasteiger partial charge in [-0.3, -0.25) is 19.1 Å². The Balaban J connectivity index is 1.61. The zero-order valence-corrected chi connectivity index (χ0v) is 17.1. The van der Waals surface area contributed by atoms with Crippen LogP contribution in [0.3, 0.4) is 0 Å². The Bertz CT molecular complexity index is 1330. The van der Waals surface area contributed by atoms with Crippen LogP contribution >= 0.6 is 0 Å². The minimum absolute atomic E-state index is 0.0255. The fourth-order valence-electron chi connectivity index (χ4n) is 4.43. The van der Waals surface area contributed by atoms with Crippen molar-refractivity contribution in [3.63, 3.8) is 0 Å². The van der Waals surface area contributed by atoms with Gasteiger partial charge in [-0.2, -0.15) is 13.2 Å². The fourth-order valence-corrected chi connectivity index (χ4v) is 4.43. The van der Waals surface area contributed by atoms with Crippen LogP contribution in [0.2, 0.25) is 0 Å². The summed E-state index contributed by atoms with van der Waals surface area (Å²) in [5.74, 6) is 0. The number of halogens is 3. The van der Waals surface area contributed by atoms with E-state index >= 15 is 0 Å². The minimum atomic E-state index is -4.19. The summed E-state index contributed by atoms with van der Waals surface area (Å²) in [6, 6.07) is 3.87. The van der Waals surface area contributed by atoms with Gasteiger partial charge in [0.05, 0.1) is 29.3 Å². The van der Waals surface area contributed by atoms with Crippen molar-refractivity contribution in [3.8, 4) is 0 Å². The molecule has 4 aromatic heterocycles. The van der Waals surface area contributed by atoms with Crippen molar-refractivity contribution in [1.29, 1.82) is 0 Å². The highest BCUT2D eigenvalue weighted by Gasteiger charge is 2.30. The fraction of sp³-hybridized carbons (Fsp3) is 0.409. The second-order valence-electron chi connectivity index (χ2n) is 8.17. The molecule has 0 atom stereocenters. The summed E-state index contributed by atoms with van der Waals surface area (Å²) in [5.41, 5.74) is 4.08. The van der Waals surface area contributed by atoms with E-state index in [1.165, 1.54) is 0 Å². The molecule has 162 valence electrons. The highest BCUT2D eigenvalue weighted by Crippen LogP contribution is 2.36. The van der Waals surface area contributed by atoms with Gasteiger partial charge in [0.1, 0.15) is 0 Å². The first-order valence-corrected chi connectivity index (χ1v) is 10.4. The number of fused-ring (bicyclic) bond motifs is 2. The predicted molar refractivity (Wildman–Crippen MR) is 111 cm³/mol. The Morgan fingerprint density at radius 2 is 1.74 bits per heavy atom. The molecule has 0 bridgehead atoms. The van der Waals surface area contributed by atoms with Gasteiger partial charge in [0, 0.05) is 48.7 Å². The number of hydrogen-bond donors (Lipinski definition) is 0. The third-order valence-corrected chi connectivity index (χ3v) is 6.08. The molecule has 0 saturated heterocycles. The number of aryl methyl sites for hydroxylation is 2. The molecule has 5 rings (SSSR count). The van der Waals surface area contributed by atoms with E-state index in [-0.39, 0.29) is 31.2 Å². The summed E-state index contributed by atoms with van der Waals surface area (Å²) >= 11 is 0. The lowest BCUT2D eigenvalue weighted by atomic mass is 10.2. The zero-order valence-electron chi connectivity index (χ0n) is 17.1. The molecule has 9 heteroatoms. The molecule has 0 aliphatic heterocycles. The van der Waals surface area contributed by atoms with Crippen molar-refractivity contribution in [2.45, 2.75) is 57.9 Å². The molecule has 0 unspecified atom stereocenters. The van der Waals surface area contributed by atoms with E-state index < -0.39 is 12.6 Å². The highest BCUT2D eigenvalue weighted by atomic mass is 19.4. The van der Waals surface area contributed by atoms with Crippen LogP contribution in [0, 0.1) is 6.92 Å². The number of nitrogens with zero attached hydrogens (tertiary/aromatic N) is 5. The summed E-state index contributed by atoms with van der Waals surface area (Å²) in [6.07, 6.45) is 3.61. The van der Waals surface area contributed by atoms with Crippen LogP contribution in [0.25, 0.3) is 21.9 Å². The van der Waals surface area contributed by atoms with E-state index in [1.807, 2.05) is 28.2 Å². The normalized spacial score (nSPS) is 14.7. The molecule has 0 radical (unpaired) electrons. The maximum atomic E-state index is 13.3. The second-order valence-corrected chi connectivity index (χ2v) is 8.17. The summed E-state index contributed by atoms with van der Waals surface area (Å²) in [4.78, 5) is 21.7. The van der Waals surface area contributed by atoms with Crippen molar-refractivity contribution in [2.24, 2.45) is 0 Å². The van der Waals surface area contributed by atoms with Gasteiger partial charge in [-0.1, -0.05) is 0 Å². The zero-order chi connectivity index (χ0) is 21.8. The third kappa shape index (κ3) is 3.51. The standard InChI is InChI=1S/C22H22F3N5O/c1-14-16-11-26-8-5-17(16)28(10-2-7-22(23,24)25)20(14)13-29-19-12-27-9-6-18(19)30(21(29)31)15-3-4-15/h5-6,8-9,11-12,15H,2-4,7,10,13H2,1H3. The van der Waals surface area contributed by atoms with Crippen molar-refractivity contribution in [3.05, 3.63) is 58.7 Å². The lowest BCUT2D eigenvalue weighted by Gasteiger charge is -2.13. The average molecular weight is 429 g/mol. The van der Waals surface area contributed by atoms with Gasteiger partial charge >= 0.3 is 11.9 Å². The molecule has 1 saturated carbocycles. The monoisotopic (exact) mass is 429 g/mol. The van der Waals surface area contributed by atoms with Crippen LogP contribution < -0.4 is 5.69 Å². The van der Waals surface area contributed by atoms with Gasteiger partial charge in [0.15, 0.2) is 0 Å². The molecule has 0 aromatic carbocycles. The molecule has 1 aliphatic rings. The van der Waals surface area contributed by atoms with Crippen molar-refractivity contribution < 1.29 is 13.2 Å². The lowest BCUT2D eigenvalue weighted by Crippen LogP contribution is -2.25. The first-order chi connectivity index (χ1) is 14.8. The topological polar surface area (TPSA) is 57.6 Å². The summed E-state index contributed by atoms with van der Waals surface area (Å²) < 4.78 is 43.7. The SMILES string of the molecule is Cc1c(Cn2c(=O)n(C3CC3)c3ccncc32)n(CCCC(F)(F)F)c2ccncc12. The van der Waals surface area contributed by atoms with Gasteiger partial charge in [-0.05, 0) is 43.9 Å². The van der Waals surface area contributed by atoms with E-state index in [9.17, 15) is 18.0 Å². The van der Waals surface area contributed by atoms with Gasteiger partial charge in [-0.15, -0.1) is 0 Å². The van der Waals surface area contributed by atoms with Crippen LogP contribution in [0.15, 0.2) is 41.7 Å². The molecule has 31 heavy (non-hydrogen) atoms. The summed E-state index contributed by atoms with van der Waals surface area (Å²) in [5, 5.41) is 0.890.